The van der Waals surface area contributed by atoms with Crippen molar-refractivity contribution in [2.75, 3.05) is 19.7 Å². The minimum atomic E-state index is 0.163. The third-order valence-electron chi connectivity index (χ3n) is 4.44. The molecule has 1 fully saturated rings. The molecule has 0 radical (unpaired) electrons. The van der Waals surface area contributed by atoms with E-state index in [0.29, 0.717) is 6.04 Å². The number of rotatable bonds is 8. The van der Waals surface area contributed by atoms with E-state index in [1.54, 1.807) is 0 Å². The van der Waals surface area contributed by atoms with Gasteiger partial charge in [-0.3, -0.25) is 4.90 Å². The van der Waals surface area contributed by atoms with E-state index in [1.807, 2.05) is 0 Å². The van der Waals surface area contributed by atoms with E-state index >= 15 is 0 Å². The van der Waals surface area contributed by atoms with E-state index < -0.39 is 0 Å². The third kappa shape index (κ3) is 5.12. The topological polar surface area (TPSA) is 47.3 Å². The van der Waals surface area contributed by atoms with Crippen LogP contribution in [0.5, 0.6) is 0 Å². The van der Waals surface area contributed by atoms with E-state index in [-0.39, 0.29) is 12.5 Å². The van der Waals surface area contributed by atoms with Gasteiger partial charge in [0.25, 0.3) is 0 Å². The molecule has 1 rings (SSSR count). The van der Waals surface area contributed by atoms with Crippen molar-refractivity contribution >= 4 is 0 Å². The average molecular weight is 266 g/mol. The summed E-state index contributed by atoms with van der Waals surface area (Å²) in [5, 5.41) is 18.7. The Morgan fingerprint density at radius 1 is 1.21 bits per heavy atom. The van der Waals surface area contributed by atoms with E-state index in [9.17, 15) is 10.4 Å². The van der Waals surface area contributed by atoms with Crippen LogP contribution < -0.4 is 0 Å². The summed E-state index contributed by atoms with van der Waals surface area (Å²) in [7, 11) is 0. The van der Waals surface area contributed by atoms with Gasteiger partial charge in [0, 0.05) is 12.6 Å². The van der Waals surface area contributed by atoms with Crippen LogP contribution in [-0.2, 0) is 0 Å². The zero-order valence-corrected chi connectivity index (χ0v) is 12.6. The van der Waals surface area contributed by atoms with Crippen LogP contribution in [0.3, 0.4) is 0 Å². The Balaban J connectivity index is 2.66. The molecular formula is C16H30N2O. The van der Waals surface area contributed by atoms with Crippen molar-refractivity contribution in [2.45, 2.75) is 64.8 Å². The summed E-state index contributed by atoms with van der Waals surface area (Å²) >= 11 is 0. The molecule has 1 N–H and O–H groups in total. The summed E-state index contributed by atoms with van der Waals surface area (Å²) in [6.07, 6.45) is 8.26. The van der Waals surface area contributed by atoms with Gasteiger partial charge >= 0.3 is 0 Å². The van der Waals surface area contributed by atoms with Gasteiger partial charge in [-0.15, -0.1) is 0 Å². The first-order chi connectivity index (χ1) is 9.26. The maximum absolute atomic E-state index is 9.38. The molecule has 0 amide bonds. The first-order valence-corrected chi connectivity index (χ1v) is 8.01. The van der Waals surface area contributed by atoms with Crippen LogP contribution in [0.4, 0.5) is 0 Å². The van der Waals surface area contributed by atoms with Crippen LogP contribution in [0.25, 0.3) is 0 Å². The summed E-state index contributed by atoms with van der Waals surface area (Å²) in [4.78, 5) is 2.37. The van der Waals surface area contributed by atoms with Crippen LogP contribution in [0.2, 0.25) is 0 Å². The number of hydrogen-bond acceptors (Lipinski definition) is 3. The Hall–Kier alpha value is -0.590. The normalized spacial score (nSPS) is 27.4. The van der Waals surface area contributed by atoms with Gasteiger partial charge in [-0.2, -0.15) is 5.26 Å². The SMILES string of the molecule is CCCCN(CCO)C1CC(CCC)CCC1C#N. The van der Waals surface area contributed by atoms with Crippen molar-refractivity contribution in [1.82, 2.24) is 4.90 Å². The van der Waals surface area contributed by atoms with Crippen LogP contribution in [0, 0.1) is 23.2 Å². The molecule has 0 heterocycles. The number of aliphatic hydroxyl groups is 1. The first-order valence-electron chi connectivity index (χ1n) is 8.01. The maximum atomic E-state index is 9.38. The Labute approximate surface area is 118 Å². The highest BCUT2D eigenvalue weighted by atomic mass is 16.3. The number of unbranched alkanes of at least 4 members (excludes halogenated alkanes) is 1. The lowest BCUT2D eigenvalue weighted by Crippen LogP contribution is -2.45. The molecule has 3 nitrogen and oxygen atoms in total. The quantitative estimate of drug-likeness (QED) is 0.734. The molecule has 110 valence electrons. The molecule has 3 unspecified atom stereocenters. The second kappa shape index (κ2) is 9.34. The maximum Gasteiger partial charge on any atom is 0.0672 e. The lowest BCUT2D eigenvalue weighted by atomic mass is 9.76. The fourth-order valence-electron chi connectivity index (χ4n) is 3.39. The second-order valence-electron chi connectivity index (χ2n) is 5.88. The molecule has 0 spiro atoms. The molecule has 0 bridgehead atoms. The van der Waals surface area contributed by atoms with Crippen molar-refractivity contribution in [3.63, 3.8) is 0 Å². The molecule has 1 aliphatic rings. The predicted molar refractivity (Wildman–Crippen MR) is 78.7 cm³/mol. The van der Waals surface area contributed by atoms with Crippen molar-refractivity contribution < 1.29 is 5.11 Å². The number of nitriles is 1. The molecule has 0 saturated heterocycles. The Morgan fingerprint density at radius 3 is 2.58 bits per heavy atom. The first kappa shape index (κ1) is 16.5. The zero-order valence-electron chi connectivity index (χ0n) is 12.6. The van der Waals surface area contributed by atoms with Gasteiger partial charge in [0.15, 0.2) is 0 Å². The van der Waals surface area contributed by atoms with Gasteiger partial charge < -0.3 is 5.11 Å². The Kier molecular flexibility index (Phi) is 8.09. The van der Waals surface area contributed by atoms with Gasteiger partial charge in [-0.1, -0.05) is 33.1 Å². The van der Waals surface area contributed by atoms with Gasteiger partial charge in [0.1, 0.15) is 0 Å². The lowest BCUT2D eigenvalue weighted by molar-refractivity contribution is 0.0786. The molecule has 0 aromatic heterocycles. The number of nitrogens with zero attached hydrogens (tertiary/aromatic N) is 2. The Bertz CT molecular complexity index is 274. The number of aliphatic hydroxyl groups excluding tert-OH is 1. The molecule has 1 saturated carbocycles. The monoisotopic (exact) mass is 266 g/mol. The molecule has 1 aliphatic carbocycles. The molecule has 19 heavy (non-hydrogen) atoms. The largest absolute Gasteiger partial charge is 0.395 e. The van der Waals surface area contributed by atoms with Gasteiger partial charge in [0.2, 0.25) is 0 Å². The van der Waals surface area contributed by atoms with E-state index in [0.717, 1.165) is 38.3 Å². The van der Waals surface area contributed by atoms with Gasteiger partial charge in [0.05, 0.1) is 18.6 Å². The molecule has 0 aromatic rings. The summed E-state index contributed by atoms with van der Waals surface area (Å²) in [5.41, 5.74) is 0. The molecular weight excluding hydrogens is 236 g/mol. The second-order valence-corrected chi connectivity index (χ2v) is 5.88. The summed E-state index contributed by atoms with van der Waals surface area (Å²) < 4.78 is 0. The van der Waals surface area contributed by atoms with Gasteiger partial charge in [-0.25, -0.2) is 0 Å². The van der Waals surface area contributed by atoms with Gasteiger partial charge in [-0.05, 0) is 38.1 Å². The fourth-order valence-corrected chi connectivity index (χ4v) is 3.39. The van der Waals surface area contributed by atoms with E-state index in [1.165, 1.54) is 25.7 Å². The van der Waals surface area contributed by atoms with Crippen molar-refractivity contribution in [3.05, 3.63) is 0 Å². The van der Waals surface area contributed by atoms with Crippen LogP contribution in [0.1, 0.15) is 58.8 Å². The van der Waals surface area contributed by atoms with Crippen molar-refractivity contribution in [1.29, 1.82) is 5.26 Å². The van der Waals surface area contributed by atoms with Crippen molar-refractivity contribution in [2.24, 2.45) is 11.8 Å². The fraction of sp³-hybridized carbons (Fsp3) is 0.938. The zero-order chi connectivity index (χ0) is 14.1. The summed E-state index contributed by atoms with van der Waals surface area (Å²) in [6.45, 7) is 6.39. The lowest BCUT2D eigenvalue weighted by Gasteiger charge is -2.40. The molecule has 3 heteroatoms. The van der Waals surface area contributed by atoms with Crippen molar-refractivity contribution in [3.8, 4) is 6.07 Å². The average Bonchev–Trinajstić information content (AvgIpc) is 2.44. The minimum Gasteiger partial charge on any atom is -0.395 e. The van der Waals surface area contributed by atoms with E-state index in [2.05, 4.69) is 24.8 Å². The summed E-state index contributed by atoms with van der Waals surface area (Å²) in [5.74, 6) is 0.943. The van der Waals surface area contributed by atoms with Crippen LogP contribution >= 0.6 is 0 Å². The highest BCUT2D eigenvalue weighted by Crippen LogP contribution is 2.34. The standard InChI is InChI=1S/C16H30N2O/c1-3-5-9-18(10-11-19)16-12-14(6-4-2)7-8-15(16)13-17/h14-16,19H,3-12H2,1-2H3. The Morgan fingerprint density at radius 2 is 2.00 bits per heavy atom. The molecule has 0 aromatic carbocycles. The predicted octanol–water partition coefficient (Wildman–Crippen LogP) is 3.19. The smallest absolute Gasteiger partial charge is 0.0672 e. The van der Waals surface area contributed by atoms with E-state index in [4.69, 9.17) is 0 Å². The highest BCUT2D eigenvalue weighted by Gasteiger charge is 2.33. The van der Waals surface area contributed by atoms with Crippen LogP contribution in [0.15, 0.2) is 0 Å². The minimum absolute atomic E-state index is 0.163. The highest BCUT2D eigenvalue weighted by molar-refractivity contribution is 4.97. The molecule has 0 aliphatic heterocycles. The van der Waals surface area contributed by atoms with Crippen LogP contribution in [-0.4, -0.2) is 35.7 Å². The molecule has 3 atom stereocenters. The number of hydrogen-bond donors (Lipinski definition) is 1. The third-order valence-corrected chi connectivity index (χ3v) is 4.44. The summed E-state index contributed by atoms with van der Waals surface area (Å²) in [6, 6.07) is 2.88.